The second-order valence-corrected chi connectivity index (χ2v) is 7.31. The molecule has 1 aromatic heterocycles. The van der Waals surface area contributed by atoms with Gasteiger partial charge in [-0.3, -0.25) is 14.9 Å². The Balaban J connectivity index is 1.32. The number of nitrogens with zero attached hydrogens (tertiary/aromatic N) is 4. The maximum Gasteiger partial charge on any atom is 0.343 e. The van der Waals surface area contributed by atoms with Gasteiger partial charge in [-0.25, -0.2) is 15.2 Å². The molecule has 34 heavy (non-hydrogen) atoms. The number of benzene rings is 3. The minimum absolute atomic E-state index is 0.0724. The number of nitro groups is 1. The molecule has 0 spiro atoms. The number of imidazole rings is 1. The molecule has 10 nitrogen and oxygen atoms in total. The van der Waals surface area contributed by atoms with Crippen LogP contribution in [0, 0.1) is 10.1 Å². The fraction of sp³-hybridized carbons (Fsp3) is 0.0833. The molecule has 0 atom stereocenters. The summed E-state index contributed by atoms with van der Waals surface area (Å²) in [5.74, 6) is -0.125. The second-order valence-electron chi connectivity index (χ2n) is 7.31. The Morgan fingerprint density at radius 2 is 1.88 bits per heavy atom. The van der Waals surface area contributed by atoms with E-state index in [1.165, 1.54) is 24.4 Å². The molecule has 1 N–H and O–H groups in total. The van der Waals surface area contributed by atoms with Gasteiger partial charge in [0.1, 0.15) is 11.6 Å². The molecular formula is C24H19N5O5. The van der Waals surface area contributed by atoms with Gasteiger partial charge in [0.05, 0.1) is 34.2 Å². The molecular weight excluding hydrogens is 438 g/mol. The van der Waals surface area contributed by atoms with Crippen molar-refractivity contribution in [3.05, 3.63) is 99.9 Å². The minimum Gasteiger partial charge on any atom is -0.423 e. The van der Waals surface area contributed by atoms with Crippen LogP contribution in [0.2, 0.25) is 0 Å². The topological polar surface area (TPSA) is 129 Å². The van der Waals surface area contributed by atoms with Gasteiger partial charge in [-0.2, -0.15) is 5.10 Å². The summed E-state index contributed by atoms with van der Waals surface area (Å²) in [7, 11) is 1.86. The third-order valence-corrected chi connectivity index (χ3v) is 4.98. The largest absolute Gasteiger partial charge is 0.423 e. The standard InChI is InChI=1S/C24H19N5O5/c1-28-21-8-3-2-7-20(21)26-22(28)14-23(30)27-25-15-16-9-11-19(12-10-16)34-24(31)17-5-4-6-18(13-17)29(32)33/h2-13,15H,14H2,1H3,(H,27,30). The predicted octanol–water partition coefficient (Wildman–Crippen LogP) is 3.39. The van der Waals surface area contributed by atoms with Crippen LogP contribution in [0.3, 0.4) is 0 Å². The number of rotatable bonds is 7. The number of hydrogen-bond acceptors (Lipinski definition) is 7. The first-order valence-corrected chi connectivity index (χ1v) is 10.2. The zero-order valence-electron chi connectivity index (χ0n) is 18.0. The summed E-state index contributed by atoms with van der Waals surface area (Å²) in [6.45, 7) is 0. The van der Waals surface area contributed by atoms with Crippen LogP contribution in [0.1, 0.15) is 21.7 Å². The highest BCUT2D eigenvalue weighted by molar-refractivity contribution is 5.92. The number of aromatic nitrogens is 2. The zero-order chi connectivity index (χ0) is 24.1. The van der Waals surface area contributed by atoms with Gasteiger partial charge in [0.25, 0.3) is 5.69 Å². The second kappa shape index (κ2) is 9.74. The normalized spacial score (nSPS) is 11.0. The highest BCUT2D eigenvalue weighted by atomic mass is 16.6. The quantitative estimate of drug-likeness (QED) is 0.149. The van der Waals surface area contributed by atoms with Crippen LogP contribution in [-0.2, 0) is 18.3 Å². The van der Waals surface area contributed by atoms with E-state index in [2.05, 4.69) is 15.5 Å². The summed E-state index contributed by atoms with van der Waals surface area (Å²) >= 11 is 0. The lowest BCUT2D eigenvalue weighted by atomic mass is 10.2. The molecule has 0 saturated carbocycles. The Morgan fingerprint density at radius 1 is 1.12 bits per heavy atom. The van der Waals surface area contributed by atoms with E-state index >= 15 is 0 Å². The van der Waals surface area contributed by atoms with Crippen molar-refractivity contribution in [1.29, 1.82) is 0 Å². The third-order valence-electron chi connectivity index (χ3n) is 4.98. The van der Waals surface area contributed by atoms with E-state index in [9.17, 15) is 19.7 Å². The van der Waals surface area contributed by atoms with Crippen LogP contribution in [0.4, 0.5) is 5.69 Å². The van der Waals surface area contributed by atoms with Gasteiger partial charge in [0.15, 0.2) is 0 Å². The highest BCUT2D eigenvalue weighted by Crippen LogP contribution is 2.17. The third kappa shape index (κ3) is 5.13. The van der Waals surface area contributed by atoms with Gasteiger partial charge < -0.3 is 9.30 Å². The molecule has 0 fully saturated rings. The van der Waals surface area contributed by atoms with Gasteiger partial charge in [-0.05, 0) is 48.0 Å². The average Bonchev–Trinajstić information content (AvgIpc) is 3.15. The van der Waals surface area contributed by atoms with E-state index in [0.29, 0.717) is 11.4 Å². The van der Waals surface area contributed by atoms with E-state index in [-0.39, 0.29) is 29.3 Å². The van der Waals surface area contributed by atoms with E-state index in [1.54, 1.807) is 24.3 Å². The fourth-order valence-electron chi connectivity index (χ4n) is 3.25. The van der Waals surface area contributed by atoms with Crippen molar-refractivity contribution in [3.8, 4) is 5.75 Å². The lowest BCUT2D eigenvalue weighted by Crippen LogP contribution is -2.21. The number of non-ortho nitro benzene ring substituents is 1. The molecule has 1 heterocycles. The van der Waals surface area contributed by atoms with Crippen LogP contribution in [0.5, 0.6) is 5.75 Å². The van der Waals surface area contributed by atoms with Crippen molar-refractivity contribution in [3.63, 3.8) is 0 Å². The van der Waals surface area contributed by atoms with Crippen LogP contribution in [0.15, 0.2) is 77.9 Å². The Bertz CT molecular complexity index is 1410. The molecule has 0 aliphatic carbocycles. The number of amides is 1. The SMILES string of the molecule is Cn1c(CC(=O)NN=Cc2ccc(OC(=O)c3cccc([N+](=O)[O-])c3)cc2)nc2ccccc21. The number of ether oxygens (including phenoxy) is 1. The summed E-state index contributed by atoms with van der Waals surface area (Å²) < 4.78 is 7.12. The smallest absolute Gasteiger partial charge is 0.343 e. The number of carbonyl (C=O) groups excluding carboxylic acids is 2. The molecule has 0 aliphatic heterocycles. The van der Waals surface area contributed by atoms with Gasteiger partial charge in [-0.15, -0.1) is 0 Å². The van der Waals surface area contributed by atoms with E-state index < -0.39 is 10.9 Å². The Kier molecular flexibility index (Phi) is 6.40. The van der Waals surface area contributed by atoms with Crippen LogP contribution in [-0.4, -0.2) is 32.6 Å². The molecule has 1 amide bonds. The molecule has 10 heteroatoms. The monoisotopic (exact) mass is 457 g/mol. The van der Waals surface area contributed by atoms with Gasteiger partial charge in [-0.1, -0.05) is 18.2 Å². The molecule has 0 aliphatic rings. The molecule has 0 radical (unpaired) electrons. The summed E-state index contributed by atoms with van der Waals surface area (Å²) in [4.78, 5) is 39.2. The molecule has 170 valence electrons. The van der Waals surface area contributed by atoms with Crippen molar-refractivity contribution in [2.24, 2.45) is 12.1 Å². The molecule has 4 rings (SSSR count). The zero-order valence-corrected chi connectivity index (χ0v) is 18.0. The fourth-order valence-corrected chi connectivity index (χ4v) is 3.25. The molecule has 0 saturated heterocycles. The van der Waals surface area contributed by atoms with E-state index in [0.717, 1.165) is 17.1 Å². The highest BCUT2D eigenvalue weighted by Gasteiger charge is 2.14. The summed E-state index contributed by atoms with van der Waals surface area (Å²) in [6, 6.07) is 19.3. The van der Waals surface area contributed by atoms with Gasteiger partial charge >= 0.3 is 5.97 Å². The first kappa shape index (κ1) is 22.3. The number of para-hydroxylation sites is 2. The summed E-state index contributed by atoms with van der Waals surface area (Å²) in [6.07, 6.45) is 1.54. The van der Waals surface area contributed by atoms with Crippen LogP contribution >= 0.6 is 0 Å². The maximum atomic E-state index is 12.2. The van der Waals surface area contributed by atoms with Gasteiger partial charge in [0, 0.05) is 19.2 Å². The van der Waals surface area contributed by atoms with Crippen LogP contribution in [0.25, 0.3) is 11.0 Å². The number of hydrogen-bond donors (Lipinski definition) is 1. The lowest BCUT2D eigenvalue weighted by Gasteiger charge is -2.05. The molecule has 3 aromatic carbocycles. The number of nitro benzene ring substituents is 1. The van der Waals surface area contributed by atoms with Crippen molar-refractivity contribution >= 4 is 34.8 Å². The Morgan fingerprint density at radius 3 is 2.62 bits per heavy atom. The Labute approximate surface area is 193 Å². The first-order chi connectivity index (χ1) is 16.4. The number of esters is 1. The molecule has 0 bridgehead atoms. The minimum atomic E-state index is -0.709. The summed E-state index contributed by atoms with van der Waals surface area (Å²) in [5, 5.41) is 14.8. The van der Waals surface area contributed by atoms with E-state index in [1.807, 2.05) is 35.9 Å². The van der Waals surface area contributed by atoms with Crippen molar-refractivity contribution in [1.82, 2.24) is 15.0 Å². The number of hydrazone groups is 1. The van der Waals surface area contributed by atoms with Crippen LogP contribution < -0.4 is 10.2 Å². The maximum absolute atomic E-state index is 12.2. The predicted molar refractivity (Wildman–Crippen MR) is 125 cm³/mol. The number of fused-ring (bicyclic) bond motifs is 1. The number of nitrogens with one attached hydrogen (secondary N) is 1. The number of aryl methyl sites for hydroxylation is 1. The first-order valence-electron chi connectivity index (χ1n) is 10.2. The van der Waals surface area contributed by atoms with Crippen molar-refractivity contribution in [2.75, 3.05) is 0 Å². The van der Waals surface area contributed by atoms with Gasteiger partial charge in [0.2, 0.25) is 5.91 Å². The van der Waals surface area contributed by atoms with E-state index in [4.69, 9.17) is 4.74 Å². The lowest BCUT2D eigenvalue weighted by molar-refractivity contribution is -0.384. The molecule has 4 aromatic rings. The van der Waals surface area contributed by atoms with Crippen molar-refractivity contribution in [2.45, 2.75) is 6.42 Å². The Hall–Kier alpha value is -4.86. The van der Waals surface area contributed by atoms with Crippen molar-refractivity contribution < 1.29 is 19.2 Å². The molecule has 0 unspecified atom stereocenters. The summed E-state index contributed by atoms with van der Waals surface area (Å²) in [5.41, 5.74) is 4.78. The average molecular weight is 457 g/mol. The number of carbonyl (C=O) groups is 2.